The minimum atomic E-state index is -1.40. The number of halogens is 2. The van der Waals surface area contributed by atoms with Gasteiger partial charge < -0.3 is 15.0 Å². The number of hydrogen-bond acceptors (Lipinski definition) is 3. The highest BCUT2D eigenvalue weighted by molar-refractivity contribution is 5.93. The number of nitrogens with zero attached hydrogens (tertiary/aromatic N) is 1. The van der Waals surface area contributed by atoms with E-state index in [2.05, 4.69) is 5.32 Å². The zero-order chi connectivity index (χ0) is 21.4. The molecule has 2 unspecified atom stereocenters. The molecule has 1 aliphatic rings. The van der Waals surface area contributed by atoms with E-state index in [1.807, 2.05) is 7.05 Å². The molecule has 1 fully saturated rings. The summed E-state index contributed by atoms with van der Waals surface area (Å²) in [5, 5.41) is 12.6. The van der Waals surface area contributed by atoms with E-state index in [-0.39, 0.29) is 11.3 Å². The minimum absolute atomic E-state index is 0.00903. The molecule has 1 saturated carbocycles. The fourth-order valence-corrected chi connectivity index (χ4v) is 4.47. The summed E-state index contributed by atoms with van der Waals surface area (Å²) >= 11 is 0. The first-order valence-corrected chi connectivity index (χ1v) is 9.91. The second kappa shape index (κ2) is 7.99. The van der Waals surface area contributed by atoms with E-state index in [9.17, 15) is 19.1 Å². The zero-order valence-electron chi connectivity index (χ0n) is 16.5. The van der Waals surface area contributed by atoms with Gasteiger partial charge in [-0.3, -0.25) is 4.79 Å². The molecule has 156 valence electrons. The van der Waals surface area contributed by atoms with Crippen LogP contribution in [0.15, 0.2) is 47.4 Å². The standard InChI is InChI=1S/C23H22F2N2O3/c1-26-11-13-2-3-14(8-13)17-10-21-18(9-20(17)25)22(28)19(23(29)30)12-27(21)16-6-4-15(24)5-7-16/h4-7,9-10,12-14,26H,2-3,8,11H2,1H3,(H,29,30). The van der Waals surface area contributed by atoms with Gasteiger partial charge >= 0.3 is 5.97 Å². The predicted molar refractivity (Wildman–Crippen MR) is 110 cm³/mol. The van der Waals surface area contributed by atoms with Crippen LogP contribution >= 0.6 is 0 Å². The Balaban J connectivity index is 1.92. The van der Waals surface area contributed by atoms with E-state index in [0.29, 0.717) is 22.7 Å². The largest absolute Gasteiger partial charge is 0.477 e. The van der Waals surface area contributed by atoms with Crippen molar-refractivity contribution in [3.63, 3.8) is 0 Å². The molecule has 0 spiro atoms. The Morgan fingerprint density at radius 1 is 1.20 bits per heavy atom. The van der Waals surface area contributed by atoms with Crippen LogP contribution in [0, 0.1) is 17.6 Å². The third-order valence-corrected chi connectivity index (χ3v) is 5.93. The lowest BCUT2D eigenvalue weighted by molar-refractivity contribution is 0.0695. The van der Waals surface area contributed by atoms with Gasteiger partial charge in [-0.15, -0.1) is 0 Å². The van der Waals surface area contributed by atoms with Gasteiger partial charge in [-0.1, -0.05) is 0 Å². The van der Waals surface area contributed by atoms with Crippen molar-refractivity contribution in [2.24, 2.45) is 5.92 Å². The number of benzene rings is 2. The van der Waals surface area contributed by atoms with Crippen molar-refractivity contribution in [2.45, 2.75) is 25.2 Å². The van der Waals surface area contributed by atoms with E-state index in [1.54, 1.807) is 6.07 Å². The maximum atomic E-state index is 15.0. The number of nitrogens with one attached hydrogen (secondary N) is 1. The number of carbonyl (C=O) groups is 1. The first-order chi connectivity index (χ1) is 14.4. The second-order valence-corrected chi connectivity index (χ2v) is 7.85. The molecule has 0 bridgehead atoms. The molecule has 1 aromatic heterocycles. The molecule has 0 radical (unpaired) electrons. The van der Waals surface area contributed by atoms with Crippen molar-refractivity contribution in [1.29, 1.82) is 0 Å². The third kappa shape index (κ3) is 3.61. The summed E-state index contributed by atoms with van der Waals surface area (Å²) in [6.45, 7) is 0.869. The summed E-state index contributed by atoms with van der Waals surface area (Å²) in [4.78, 5) is 24.3. The Labute approximate surface area is 172 Å². The number of carboxylic acids is 1. The van der Waals surface area contributed by atoms with E-state index >= 15 is 4.39 Å². The summed E-state index contributed by atoms with van der Waals surface area (Å²) in [5.41, 5.74) is 0.222. The normalized spacial score (nSPS) is 18.8. The molecule has 0 saturated heterocycles. The van der Waals surface area contributed by atoms with Crippen LogP contribution < -0.4 is 10.7 Å². The van der Waals surface area contributed by atoms with Gasteiger partial charge in [0.1, 0.15) is 17.2 Å². The molecule has 7 heteroatoms. The van der Waals surface area contributed by atoms with Crippen LogP contribution in [-0.2, 0) is 0 Å². The fourth-order valence-electron chi connectivity index (χ4n) is 4.47. The summed E-state index contributed by atoms with van der Waals surface area (Å²) in [6, 6.07) is 8.28. The van der Waals surface area contributed by atoms with E-state index in [0.717, 1.165) is 31.9 Å². The van der Waals surface area contributed by atoms with E-state index < -0.39 is 28.6 Å². The summed E-state index contributed by atoms with van der Waals surface area (Å²) < 4.78 is 29.9. The van der Waals surface area contributed by atoms with Crippen LogP contribution in [0.1, 0.15) is 41.1 Å². The van der Waals surface area contributed by atoms with Gasteiger partial charge in [0, 0.05) is 17.3 Å². The van der Waals surface area contributed by atoms with E-state index in [4.69, 9.17) is 0 Å². The molecule has 3 aromatic rings. The van der Waals surface area contributed by atoms with Crippen LogP contribution in [0.5, 0.6) is 0 Å². The first-order valence-electron chi connectivity index (χ1n) is 9.91. The third-order valence-electron chi connectivity index (χ3n) is 5.93. The van der Waals surface area contributed by atoms with Crippen molar-refractivity contribution >= 4 is 16.9 Å². The number of fused-ring (bicyclic) bond motifs is 1. The molecule has 5 nitrogen and oxygen atoms in total. The monoisotopic (exact) mass is 412 g/mol. The van der Waals surface area contributed by atoms with Gasteiger partial charge in [-0.2, -0.15) is 0 Å². The average Bonchev–Trinajstić information content (AvgIpc) is 3.17. The Hall–Kier alpha value is -3.06. The number of pyridine rings is 1. The number of rotatable bonds is 5. The predicted octanol–water partition coefficient (Wildman–Crippen LogP) is 4.07. The molecular formula is C23H22F2N2O3. The van der Waals surface area contributed by atoms with Gasteiger partial charge in [0.15, 0.2) is 0 Å². The Kier molecular flexibility index (Phi) is 5.39. The molecule has 1 aliphatic carbocycles. The second-order valence-electron chi connectivity index (χ2n) is 7.85. The lowest BCUT2D eigenvalue weighted by atomic mass is 9.94. The van der Waals surface area contributed by atoms with Crippen LogP contribution in [0.3, 0.4) is 0 Å². The Morgan fingerprint density at radius 2 is 1.93 bits per heavy atom. The molecule has 2 atom stereocenters. The fraction of sp³-hybridized carbons (Fsp3) is 0.304. The van der Waals surface area contributed by atoms with Crippen LogP contribution in [0.25, 0.3) is 16.6 Å². The average molecular weight is 412 g/mol. The first kappa shape index (κ1) is 20.2. The molecule has 1 heterocycles. The van der Waals surface area contributed by atoms with Crippen molar-refractivity contribution in [3.8, 4) is 5.69 Å². The van der Waals surface area contributed by atoms with Gasteiger partial charge in [0.25, 0.3) is 0 Å². The van der Waals surface area contributed by atoms with Crippen molar-refractivity contribution in [3.05, 3.63) is 75.6 Å². The summed E-state index contributed by atoms with van der Waals surface area (Å²) in [6.07, 6.45) is 3.91. The van der Waals surface area contributed by atoms with Crippen LogP contribution in [0.4, 0.5) is 8.78 Å². The number of aromatic carboxylic acids is 1. The zero-order valence-corrected chi connectivity index (χ0v) is 16.5. The molecule has 4 rings (SSSR count). The van der Waals surface area contributed by atoms with Crippen LogP contribution in [0.2, 0.25) is 0 Å². The Bertz CT molecular complexity index is 1170. The smallest absolute Gasteiger partial charge is 0.341 e. The maximum Gasteiger partial charge on any atom is 0.341 e. The molecule has 0 amide bonds. The lowest BCUT2D eigenvalue weighted by Gasteiger charge is -2.17. The maximum absolute atomic E-state index is 15.0. The topological polar surface area (TPSA) is 71.3 Å². The van der Waals surface area contributed by atoms with Crippen molar-refractivity contribution in [1.82, 2.24) is 9.88 Å². The number of hydrogen-bond donors (Lipinski definition) is 2. The number of carboxylic acid groups (broad SMARTS) is 1. The van der Waals surface area contributed by atoms with Crippen molar-refractivity contribution in [2.75, 3.05) is 13.6 Å². The minimum Gasteiger partial charge on any atom is -0.477 e. The van der Waals surface area contributed by atoms with Gasteiger partial charge in [-0.05, 0) is 86.7 Å². The summed E-state index contributed by atoms with van der Waals surface area (Å²) in [7, 11) is 1.89. The lowest BCUT2D eigenvalue weighted by Crippen LogP contribution is -2.19. The SMILES string of the molecule is CNCC1CCC(c2cc3c(cc2F)c(=O)c(C(=O)O)cn3-c2ccc(F)cc2)C1. The molecular weight excluding hydrogens is 390 g/mol. The number of aromatic nitrogens is 1. The van der Waals surface area contributed by atoms with Gasteiger partial charge in [-0.25, -0.2) is 13.6 Å². The molecule has 2 N–H and O–H groups in total. The molecule has 0 aliphatic heterocycles. The van der Waals surface area contributed by atoms with Crippen molar-refractivity contribution < 1.29 is 18.7 Å². The highest BCUT2D eigenvalue weighted by atomic mass is 19.1. The van der Waals surface area contributed by atoms with Crippen LogP contribution in [-0.4, -0.2) is 29.2 Å². The summed E-state index contributed by atoms with van der Waals surface area (Å²) in [5.74, 6) is -1.83. The van der Waals surface area contributed by atoms with Gasteiger partial charge in [0.05, 0.1) is 5.52 Å². The van der Waals surface area contributed by atoms with Gasteiger partial charge in [0.2, 0.25) is 5.43 Å². The molecule has 2 aromatic carbocycles. The van der Waals surface area contributed by atoms with E-state index in [1.165, 1.54) is 35.0 Å². The molecule has 30 heavy (non-hydrogen) atoms. The highest BCUT2D eigenvalue weighted by Crippen LogP contribution is 2.40. The Morgan fingerprint density at radius 3 is 2.60 bits per heavy atom. The highest BCUT2D eigenvalue weighted by Gasteiger charge is 2.28. The quantitative estimate of drug-likeness (QED) is 0.663.